The van der Waals surface area contributed by atoms with E-state index in [-0.39, 0.29) is 12.1 Å². The van der Waals surface area contributed by atoms with E-state index in [1.807, 2.05) is 0 Å². The molecule has 2 aromatic rings. The number of rotatable bonds is 6. The zero-order valence-corrected chi connectivity index (χ0v) is 12.2. The number of carbonyl (C=O) groups is 1. The van der Waals surface area contributed by atoms with Gasteiger partial charge in [0.25, 0.3) is 0 Å². The summed E-state index contributed by atoms with van der Waals surface area (Å²) in [6.45, 7) is 0.0756. The van der Waals surface area contributed by atoms with Crippen molar-refractivity contribution >= 4 is 27.3 Å². The van der Waals surface area contributed by atoms with Crippen molar-refractivity contribution in [1.29, 1.82) is 0 Å². The van der Waals surface area contributed by atoms with Gasteiger partial charge in [0, 0.05) is 18.3 Å². The van der Waals surface area contributed by atoms with Crippen LogP contribution in [-0.4, -0.2) is 31.0 Å². The number of thiazole rings is 1. The minimum absolute atomic E-state index is 0.0756. The molecule has 6 nitrogen and oxygen atoms in total. The average Bonchev–Trinajstić information content (AvgIpc) is 2.91. The molecule has 1 heterocycles. The Morgan fingerprint density at radius 2 is 2.19 bits per heavy atom. The lowest BCUT2D eigenvalue weighted by Gasteiger charge is -2.07. The number of hydrogen-bond acceptors (Lipinski definition) is 5. The van der Waals surface area contributed by atoms with E-state index in [0.717, 1.165) is 17.8 Å². The van der Waals surface area contributed by atoms with Gasteiger partial charge < -0.3 is 5.11 Å². The van der Waals surface area contributed by atoms with Gasteiger partial charge in [-0.1, -0.05) is 0 Å². The summed E-state index contributed by atoms with van der Waals surface area (Å²) in [6.07, 6.45) is 0.386. The Bertz CT molecular complexity index is 745. The average molecular weight is 330 g/mol. The van der Waals surface area contributed by atoms with Crippen LogP contribution in [0.1, 0.15) is 16.1 Å². The molecule has 0 saturated heterocycles. The van der Waals surface area contributed by atoms with E-state index >= 15 is 0 Å². The van der Waals surface area contributed by atoms with Crippen molar-refractivity contribution in [1.82, 2.24) is 9.71 Å². The summed E-state index contributed by atoms with van der Waals surface area (Å²) in [7, 11) is -4.03. The zero-order valence-electron chi connectivity index (χ0n) is 10.6. The fourth-order valence-corrected chi connectivity index (χ4v) is 3.29. The van der Waals surface area contributed by atoms with Gasteiger partial charge >= 0.3 is 5.97 Å². The lowest BCUT2D eigenvalue weighted by Crippen LogP contribution is -2.27. The highest BCUT2D eigenvalue weighted by molar-refractivity contribution is 7.89. The third kappa shape index (κ3) is 3.84. The second-order valence-electron chi connectivity index (χ2n) is 4.08. The molecule has 0 aliphatic carbocycles. The number of halogens is 1. The Kier molecular flexibility index (Phi) is 4.66. The highest BCUT2D eigenvalue weighted by Gasteiger charge is 2.20. The molecule has 0 saturated carbocycles. The first-order valence-electron chi connectivity index (χ1n) is 5.80. The second kappa shape index (κ2) is 6.29. The van der Waals surface area contributed by atoms with Crippen molar-refractivity contribution in [3.05, 3.63) is 46.2 Å². The Morgan fingerprint density at radius 1 is 1.43 bits per heavy atom. The number of carboxylic acids is 1. The molecule has 0 atom stereocenters. The van der Waals surface area contributed by atoms with Gasteiger partial charge in [0.15, 0.2) is 0 Å². The van der Waals surface area contributed by atoms with Crippen LogP contribution in [0.15, 0.2) is 34.0 Å². The van der Waals surface area contributed by atoms with Gasteiger partial charge in [-0.05, 0) is 18.2 Å². The standard InChI is InChI=1S/C12H11FN2O4S2/c13-10-5-8(12(16)17)1-2-11(10)21(18,19)15-4-3-9-6-20-7-14-9/h1-2,5-7,15H,3-4H2,(H,16,17). The van der Waals surface area contributed by atoms with Crippen molar-refractivity contribution in [2.75, 3.05) is 6.54 Å². The van der Waals surface area contributed by atoms with Crippen molar-refractivity contribution in [2.45, 2.75) is 11.3 Å². The van der Waals surface area contributed by atoms with Crippen LogP contribution in [0.25, 0.3) is 0 Å². The maximum atomic E-state index is 13.7. The summed E-state index contributed by atoms with van der Waals surface area (Å²) in [6, 6.07) is 2.65. The fourth-order valence-electron chi connectivity index (χ4n) is 1.60. The van der Waals surface area contributed by atoms with E-state index in [1.54, 1.807) is 10.9 Å². The third-order valence-corrected chi connectivity index (χ3v) is 4.75. The molecule has 21 heavy (non-hydrogen) atoms. The van der Waals surface area contributed by atoms with E-state index < -0.39 is 26.7 Å². The van der Waals surface area contributed by atoms with Crippen LogP contribution in [0.4, 0.5) is 4.39 Å². The van der Waals surface area contributed by atoms with Crippen LogP contribution in [0.2, 0.25) is 0 Å². The molecule has 0 amide bonds. The first-order valence-corrected chi connectivity index (χ1v) is 8.22. The molecule has 2 N–H and O–H groups in total. The molecule has 0 aliphatic rings. The van der Waals surface area contributed by atoms with Gasteiger partial charge in [-0.15, -0.1) is 11.3 Å². The van der Waals surface area contributed by atoms with Crippen molar-refractivity contribution in [2.24, 2.45) is 0 Å². The molecule has 0 bridgehead atoms. The van der Waals surface area contributed by atoms with E-state index in [0.29, 0.717) is 12.5 Å². The molecule has 0 spiro atoms. The Balaban J connectivity index is 2.10. The summed E-state index contributed by atoms with van der Waals surface area (Å²) in [4.78, 5) is 14.1. The monoisotopic (exact) mass is 330 g/mol. The predicted octanol–water partition coefficient (Wildman–Crippen LogP) is 1.50. The van der Waals surface area contributed by atoms with E-state index in [9.17, 15) is 17.6 Å². The number of aromatic nitrogens is 1. The number of sulfonamides is 1. The van der Waals surface area contributed by atoms with Crippen LogP contribution in [0.3, 0.4) is 0 Å². The highest BCUT2D eigenvalue weighted by atomic mass is 32.2. The smallest absolute Gasteiger partial charge is 0.335 e. The molecule has 2 rings (SSSR count). The van der Waals surface area contributed by atoms with Crippen LogP contribution in [0.5, 0.6) is 0 Å². The third-order valence-electron chi connectivity index (χ3n) is 2.63. The number of carboxylic acid groups (broad SMARTS) is 1. The minimum atomic E-state index is -4.03. The second-order valence-corrected chi connectivity index (χ2v) is 6.53. The number of nitrogens with zero attached hydrogens (tertiary/aromatic N) is 1. The van der Waals surface area contributed by atoms with Gasteiger partial charge in [-0.3, -0.25) is 0 Å². The SMILES string of the molecule is O=C(O)c1ccc(S(=O)(=O)NCCc2cscn2)c(F)c1. The Morgan fingerprint density at radius 3 is 2.76 bits per heavy atom. The normalized spacial score (nSPS) is 11.5. The lowest BCUT2D eigenvalue weighted by atomic mass is 10.2. The number of nitrogens with one attached hydrogen (secondary N) is 1. The molecule has 0 fully saturated rings. The maximum Gasteiger partial charge on any atom is 0.335 e. The lowest BCUT2D eigenvalue weighted by molar-refractivity contribution is 0.0696. The van der Waals surface area contributed by atoms with Gasteiger partial charge in [-0.2, -0.15) is 0 Å². The summed E-state index contributed by atoms with van der Waals surface area (Å²) in [5.41, 5.74) is 2.06. The summed E-state index contributed by atoms with van der Waals surface area (Å²) in [5.74, 6) is -2.43. The number of benzene rings is 1. The molecule has 1 aromatic carbocycles. The van der Waals surface area contributed by atoms with Crippen LogP contribution >= 0.6 is 11.3 Å². The van der Waals surface area contributed by atoms with E-state index in [2.05, 4.69) is 9.71 Å². The first kappa shape index (κ1) is 15.5. The largest absolute Gasteiger partial charge is 0.478 e. The number of hydrogen-bond donors (Lipinski definition) is 2. The van der Waals surface area contributed by atoms with Crippen LogP contribution in [0, 0.1) is 5.82 Å². The molecule has 0 unspecified atom stereocenters. The van der Waals surface area contributed by atoms with Crippen molar-refractivity contribution in [3.8, 4) is 0 Å². The van der Waals surface area contributed by atoms with Gasteiger partial charge in [0.05, 0.1) is 16.8 Å². The van der Waals surface area contributed by atoms with E-state index in [1.165, 1.54) is 11.3 Å². The van der Waals surface area contributed by atoms with Gasteiger partial charge in [0.2, 0.25) is 10.0 Å². The predicted molar refractivity (Wildman–Crippen MR) is 74.4 cm³/mol. The zero-order chi connectivity index (χ0) is 15.5. The molecule has 9 heteroatoms. The molecule has 1 aromatic heterocycles. The molecule has 0 radical (unpaired) electrons. The van der Waals surface area contributed by atoms with Gasteiger partial charge in [0.1, 0.15) is 10.7 Å². The fraction of sp³-hybridized carbons (Fsp3) is 0.167. The van der Waals surface area contributed by atoms with Crippen LogP contribution in [-0.2, 0) is 16.4 Å². The molecule has 0 aliphatic heterocycles. The Labute approximate surface area is 124 Å². The first-order chi connectivity index (χ1) is 9.90. The topological polar surface area (TPSA) is 96.4 Å². The molecular formula is C12H11FN2O4S2. The number of aromatic carboxylic acids is 1. The molecule has 112 valence electrons. The summed E-state index contributed by atoms with van der Waals surface area (Å²) in [5, 5.41) is 10.5. The summed E-state index contributed by atoms with van der Waals surface area (Å²) < 4.78 is 39.9. The Hall–Kier alpha value is -1.84. The quantitative estimate of drug-likeness (QED) is 0.837. The van der Waals surface area contributed by atoms with Crippen molar-refractivity contribution in [3.63, 3.8) is 0 Å². The van der Waals surface area contributed by atoms with Crippen molar-refractivity contribution < 1.29 is 22.7 Å². The maximum absolute atomic E-state index is 13.7. The minimum Gasteiger partial charge on any atom is -0.478 e. The summed E-state index contributed by atoms with van der Waals surface area (Å²) >= 11 is 1.40. The van der Waals surface area contributed by atoms with E-state index in [4.69, 9.17) is 5.11 Å². The van der Waals surface area contributed by atoms with Gasteiger partial charge in [-0.25, -0.2) is 27.3 Å². The highest BCUT2D eigenvalue weighted by Crippen LogP contribution is 2.16. The molecular weight excluding hydrogens is 319 g/mol. The van der Waals surface area contributed by atoms with Crippen LogP contribution < -0.4 is 4.72 Å².